The van der Waals surface area contributed by atoms with Crippen molar-refractivity contribution in [1.82, 2.24) is 5.32 Å². The number of allylic oxidation sites excluding steroid dienone is 1. The molecule has 0 fully saturated rings. The van der Waals surface area contributed by atoms with E-state index in [0.717, 1.165) is 17.9 Å². The van der Waals surface area contributed by atoms with Crippen LogP contribution in [0.1, 0.15) is 46.0 Å². The van der Waals surface area contributed by atoms with Crippen molar-refractivity contribution in [3.05, 3.63) is 11.2 Å². The Labute approximate surface area is 85.3 Å². The number of nitrogens with one attached hydrogen (secondary N) is 1. The number of halogens is 1. The molecule has 0 atom stereocenters. The van der Waals surface area contributed by atoms with Crippen LogP contribution in [0.3, 0.4) is 0 Å². The summed E-state index contributed by atoms with van der Waals surface area (Å²) in [7, 11) is 0. The predicted octanol–water partition coefficient (Wildman–Crippen LogP) is 3.17. The third kappa shape index (κ3) is 9.41. The Morgan fingerprint density at radius 2 is 2.08 bits per heavy atom. The first-order valence-corrected chi connectivity index (χ1v) is 5.16. The summed E-state index contributed by atoms with van der Waals surface area (Å²) in [6, 6.07) is 0. The molecule has 0 heterocycles. The molecule has 0 radical (unpaired) electrons. The minimum absolute atomic E-state index is 0.0771. The Hall–Kier alpha value is -0.500. The summed E-state index contributed by atoms with van der Waals surface area (Å²) in [4.78, 5) is 10.5. The molecule has 0 aromatic carbocycles. The van der Waals surface area contributed by atoms with E-state index in [2.05, 4.69) is 12.2 Å². The molecule has 0 aliphatic rings. The number of hydrogen-bond acceptors (Lipinski definition) is 1. The van der Waals surface area contributed by atoms with E-state index in [4.69, 9.17) is 11.6 Å². The monoisotopic (exact) mass is 203 g/mol. The standard InChI is InChI=1S/C10H18ClNO/c1-3-4-5-6-7-10(11)8-12-9(2)13/h8H,3-7H2,1-2H3,(H,12,13)/b10-8+. The smallest absolute Gasteiger partial charge is 0.220 e. The lowest BCUT2D eigenvalue weighted by molar-refractivity contribution is -0.118. The van der Waals surface area contributed by atoms with E-state index in [0.29, 0.717) is 0 Å². The Morgan fingerprint density at radius 1 is 1.38 bits per heavy atom. The van der Waals surface area contributed by atoms with Gasteiger partial charge >= 0.3 is 0 Å². The molecule has 0 aliphatic carbocycles. The van der Waals surface area contributed by atoms with Crippen molar-refractivity contribution in [1.29, 1.82) is 0 Å². The van der Waals surface area contributed by atoms with Gasteiger partial charge in [0.2, 0.25) is 5.91 Å². The second kappa shape index (κ2) is 8.11. The minimum atomic E-state index is -0.0771. The number of carbonyl (C=O) groups is 1. The minimum Gasteiger partial charge on any atom is -0.332 e. The SMILES string of the molecule is CCCCCC/C(Cl)=C\NC(C)=O. The maximum Gasteiger partial charge on any atom is 0.220 e. The second-order valence-corrected chi connectivity index (χ2v) is 3.59. The number of amides is 1. The number of hydrogen-bond donors (Lipinski definition) is 1. The van der Waals surface area contributed by atoms with Crippen LogP contribution in [0.25, 0.3) is 0 Å². The van der Waals surface area contributed by atoms with Gasteiger partial charge in [0.15, 0.2) is 0 Å². The lowest BCUT2D eigenvalue weighted by atomic mass is 10.1. The zero-order valence-electron chi connectivity index (χ0n) is 8.40. The van der Waals surface area contributed by atoms with Crippen molar-refractivity contribution in [2.24, 2.45) is 0 Å². The first-order chi connectivity index (χ1) is 6.16. The van der Waals surface area contributed by atoms with Crippen LogP contribution in [0.4, 0.5) is 0 Å². The van der Waals surface area contributed by atoms with Crippen molar-refractivity contribution in [3.63, 3.8) is 0 Å². The number of carbonyl (C=O) groups excluding carboxylic acids is 1. The predicted molar refractivity (Wildman–Crippen MR) is 56.5 cm³/mol. The highest BCUT2D eigenvalue weighted by Crippen LogP contribution is 2.12. The van der Waals surface area contributed by atoms with Gasteiger partial charge in [0.25, 0.3) is 0 Å². The summed E-state index contributed by atoms with van der Waals surface area (Å²) >= 11 is 5.85. The normalized spacial score (nSPS) is 11.5. The molecule has 2 nitrogen and oxygen atoms in total. The van der Waals surface area contributed by atoms with E-state index in [1.807, 2.05) is 0 Å². The molecule has 1 amide bonds. The molecular formula is C10H18ClNO. The molecule has 3 heteroatoms. The van der Waals surface area contributed by atoms with Gasteiger partial charge in [-0.2, -0.15) is 0 Å². The fraction of sp³-hybridized carbons (Fsp3) is 0.700. The second-order valence-electron chi connectivity index (χ2n) is 3.10. The van der Waals surface area contributed by atoms with Gasteiger partial charge in [0.05, 0.1) is 0 Å². The molecule has 0 aromatic rings. The molecule has 0 rings (SSSR count). The first kappa shape index (κ1) is 12.5. The van der Waals surface area contributed by atoms with Crippen LogP contribution in [0.15, 0.2) is 11.2 Å². The van der Waals surface area contributed by atoms with Gasteiger partial charge in [0.1, 0.15) is 0 Å². The lowest BCUT2D eigenvalue weighted by Crippen LogP contribution is -2.11. The molecule has 13 heavy (non-hydrogen) atoms. The van der Waals surface area contributed by atoms with Gasteiger partial charge in [-0.05, 0) is 12.8 Å². The molecule has 0 aromatic heterocycles. The molecular weight excluding hydrogens is 186 g/mol. The van der Waals surface area contributed by atoms with Gasteiger partial charge in [-0.1, -0.05) is 37.8 Å². The summed E-state index contributed by atoms with van der Waals surface area (Å²) in [6.45, 7) is 3.65. The average Bonchev–Trinajstić information content (AvgIpc) is 2.09. The van der Waals surface area contributed by atoms with Crippen molar-refractivity contribution in [3.8, 4) is 0 Å². The molecule has 0 aliphatic heterocycles. The zero-order chi connectivity index (χ0) is 10.1. The Morgan fingerprint density at radius 3 is 2.62 bits per heavy atom. The van der Waals surface area contributed by atoms with E-state index in [-0.39, 0.29) is 5.91 Å². The van der Waals surface area contributed by atoms with Crippen LogP contribution < -0.4 is 5.32 Å². The van der Waals surface area contributed by atoms with Crippen molar-refractivity contribution in [2.45, 2.75) is 46.0 Å². The van der Waals surface area contributed by atoms with Gasteiger partial charge in [-0.25, -0.2) is 0 Å². The molecule has 1 N–H and O–H groups in total. The first-order valence-electron chi connectivity index (χ1n) is 4.78. The Bertz CT molecular complexity index is 178. The third-order valence-corrected chi connectivity index (χ3v) is 2.00. The maximum absolute atomic E-state index is 10.5. The van der Waals surface area contributed by atoms with Crippen molar-refractivity contribution < 1.29 is 4.79 Å². The summed E-state index contributed by atoms with van der Waals surface area (Å²) in [5, 5.41) is 3.28. The van der Waals surface area contributed by atoms with Crippen molar-refractivity contribution in [2.75, 3.05) is 0 Å². The van der Waals surface area contributed by atoms with E-state index in [9.17, 15) is 4.79 Å². The van der Waals surface area contributed by atoms with Crippen LogP contribution in [-0.2, 0) is 4.79 Å². The Balaban J connectivity index is 3.43. The molecule has 0 saturated heterocycles. The summed E-state index contributed by atoms with van der Waals surface area (Å²) in [5.41, 5.74) is 0. The highest BCUT2D eigenvalue weighted by Gasteiger charge is 1.93. The quantitative estimate of drug-likeness (QED) is 0.661. The molecule has 0 spiro atoms. The van der Waals surface area contributed by atoms with E-state index in [1.165, 1.54) is 26.2 Å². The highest BCUT2D eigenvalue weighted by molar-refractivity contribution is 6.29. The topological polar surface area (TPSA) is 29.1 Å². The van der Waals surface area contributed by atoms with E-state index >= 15 is 0 Å². The molecule has 0 saturated carbocycles. The molecule has 76 valence electrons. The fourth-order valence-corrected chi connectivity index (χ4v) is 1.16. The molecule has 0 unspecified atom stereocenters. The zero-order valence-corrected chi connectivity index (χ0v) is 9.16. The van der Waals surface area contributed by atoms with Gasteiger partial charge in [0, 0.05) is 18.2 Å². The molecule has 0 bridgehead atoms. The van der Waals surface area contributed by atoms with Crippen LogP contribution in [0.5, 0.6) is 0 Å². The summed E-state index contributed by atoms with van der Waals surface area (Å²) < 4.78 is 0. The van der Waals surface area contributed by atoms with Crippen molar-refractivity contribution >= 4 is 17.5 Å². The van der Waals surface area contributed by atoms with Crippen LogP contribution in [-0.4, -0.2) is 5.91 Å². The van der Waals surface area contributed by atoms with Gasteiger partial charge in [-0.3, -0.25) is 4.79 Å². The third-order valence-electron chi connectivity index (χ3n) is 1.70. The average molecular weight is 204 g/mol. The number of unbranched alkanes of at least 4 members (excludes halogenated alkanes) is 3. The largest absolute Gasteiger partial charge is 0.332 e. The summed E-state index contributed by atoms with van der Waals surface area (Å²) in [5.74, 6) is -0.0771. The van der Waals surface area contributed by atoms with Crippen LogP contribution >= 0.6 is 11.6 Å². The van der Waals surface area contributed by atoms with E-state index < -0.39 is 0 Å². The summed E-state index contributed by atoms with van der Waals surface area (Å²) in [6.07, 6.45) is 7.23. The van der Waals surface area contributed by atoms with Gasteiger partial charge in [-0.15, -0.1) is 0 Å². The van der Waals surface area contributed by atoms with E-state index in [1.54, 1.807) is 6.20 Å². The maximum atomic E-state index is 10.5. The fourth-order valence-electron chi connectivity index (χ4n) is 0.973. The highest BCUT2D eigenvalue weighted by atomic mass is 35.5. The Kier molecular flexibility index (Phi) is 7.80. The van der Waals surface area contributed by atoms with Gasteiger partial charge < -0.3 is 5.32 Å². The van der Waals surface area contributed by atoms with Crippen LogP contribution in [0, 0.1) is 0 Å². The number of rotatable bonds is 6. The van der Waals surface area contributed by atoms with Crippen LogP contribution in [0.2, 0.25) is 0 Å². The lowest BCUT2D eigenvalue weighted by Gasteiger charge is -1.99.